The first-order chi connectivity index (χ1) is 4.18. The van der Waals surface area contributed by atoms with Crippen LogP contribution >= 0.6 is 24.8 Å². The molecule has 0 N–H and O–H groups in total. The van der Waals surface area contributed by atoms with Gasteiger partial charge in [0.2, 0.25) is 0 Å². The summed E-state index contributed by atoms with van der Waals surface area (Å²) in [6.45, 7) is 0.666. The topological polar surface area (TPSA) is 27.0 Å². The van der Waals surface area contributed by atoms with Gasteiger partial charge in [0, 0.05) is 13.6 Å². The van der Waals surface area contributed by atoms with E-state index in [9.17, 15) is 0 Å². The fourth-order valence-electron chi connectivity index (χ4n) is 0.313. The van der Waals surface area contributed by atoms with Crippen LogP contribution < -0.4 is 0 Å². The van der Waals surface area contributed by atoms with Gasteiger partial charge in [0.25, 0.3) is 0 Å². The molecule has 0 rings (SSSR count). The van der Waals surface area contributed by atoms with Crippen molar-refractivity contribution in [1.29, 1.82) is 5.26 Å². The molecule has 0 saturated heterocycles. The van der Waals surface area contributed by atoms with Gasteiger partial charge in [0.05, 0.1) is 12.5 Å². The van der Waals surface area contributed by atoms with Crippen LogP contribution in [-0.2, 0) is 0 Å². The van der Waals surface area contributed by atoms with Crippen molar-refractivity contribution in [2.45, 2.75) is 6.42 Å². The molecule has 0 aliphatic rings. The predicted octanol–water partition coefficient (Wildman–Crippen LogP) is 1.05. The molecule has 0 aliphatic carbocycles. The third kappa shape index (κ3) is 4.25. The van der Waals surface area contributed by atoms with Crippen LogP contribution in [0.3, 0.4) is 0 Å². The van der Waals surface area contributed by atoms with Crippen LogP contribution in [-0.4, -0.2) is 22.8 Å². The molecule has 0 heterocycles. The molecule has 0 spiro atoms. The van der Waals surface area contributed by atoms with Crippen molar-refractivity contribution in [3.63, 3.8) is 0 Å². The Morgan fingerprint density at radius 1 is 1.89 bits per heavy atom. The highest BCUT2D eigenvalue weighted by Gasteiger charge is 1.95. The fraction of sp³-hybridized carbons (Fsp3) is 0.600. The van der Waals surface area contributed by atoms with Gasteiger partial charge in [-0.25, -0.2) is 0 Å². The lowest BCUT2D eigenvalue weighted by atomic mass is 10.4. The first-order valence-electron chi connectivity index (χ1n) is 2.49. The zero-order valence-corrected chi connectivity index (χ0v) is 6.88. The van der Waals surface area contributed by atoms with Crippen LogP contribution in [0.2, 0.25) is 0 Å². The molecule has 0 fully saturated rings. The number of thiocarbonyl (C=S) groups is 1. The van der Waals surface area contributed by atoms with Crippen molar-refractivity contribution in [3.05, 3.63) is 0 Å². The molecule has 0 aromatic heterocycles. The summed E-state index contributed by atoms with van der Waals surface area (Å²) in [4.78, 5) is 1.75. The molecular formula is C5H8N2S2. The highest BCUT2D eigenvalue weighted by molar-refractivity contribution is 8.10. The normalized spacial score (nSPS) is 8.11. The Labute approximate surface area is 65.9 Å². The quantitative estimate of drug-likeness (QED) is 0.483. The molecule has 0 atom stereocenters. The van der Waals surface area contributed by atoms with E-state index >= 15 is 0 Å². The monoisotopic (exact) mass is 160 g/mol. The van der Waals surface area contributed by atoms with Crippen molar-refractivity contribution in [1.82, 2.24) is 4.90 Å². The molecule has 50 valence electrons. The molecule has 2 nitrogen and oxygen atoms in total. The number of hydrogen-bond acceptors (Lipinski definition) is 2. The Morgan fingerprint density at radius 3 is 2.78 bits per heavy atom. The molecule has 0 aliphatic heterocycles. The lowest BCUT2D eigenvalue weighted by molar-refractivity contribution is 0.534. The van der Waals surface area contributed by atoms with Gasteiger partial charge in [-0.1, -0.05) is 12.2 Å². The van der Waals surface area contributed by atoms with E-state index in [0.29, 0.717) is 17.3 Å². The molecule has 0 saturated carbocycles. The Balaban J connectivity index is 3.41. The average molecular weight is 160 g/mol. The number of hydrogen-bond donors (Lipinski definition) is 1. The highest BCUT2D eigenvalue weighted by Crippen LogP contribution is 1.92. The van der Waals surface area contributed by atoms with Crippen LogP contribution in [0.25, 0.3) is 0 Å². The minimum absolute atomic E-state index is 0.497. The molecule has 0 aromatic carbocycles. The second-order valence-electron chi connectivity index (χ2n) is 1.61. The Kier molecular flexibility index (Phi) is 4.46. The number of thiol groups is 1. The summed E-state index contributed by atoms with van der Waals surface area (Å²) in [5.41, 5.74) is 0. The second kappa shape index (κ2) is 4.59. The van der Waals surface area contributed by atoms with E-state index < -0.39 is 0 Å². The second-order valence-corrected chi connectivity index (χ2v) is 2.73. The highest BCUT2D eigenvalue weighted by atomic mass is 32.1. The van der Waals surface area contributed by atoms with E-state index in [1.807, 2.05) is 13.1 Å². The first-order valence-corrected chi connectivity index (χ1v) is 3.35. The largest absolute Gasteiger partial charge is 0.360 e. The standard InChI is InChI=1S/C5H8N2S2/c1-7(5(8)9)4-2-3-6/h2,4H2,1H3,(H,8,9). The van der Waals surface area contributed by atoms with Crippen molar-refractivity contribution in [2.24, 2.45) is 0 Å². The summed E-state index contributed by atoms with van der Waals surface area (Å²) in [7, 11) is 1.81. The van der Waals surface area contributed by atoms with E-state index in [1.165, 1.54) is 0 Å². The van der Waals surface area contributed by atoms with Gasteiger partial charge in [-0.15, -0.1) is 12.6 Å². The summed E-state index contributed by atoms with van der Waals surface area (Å²) in [6.07, 6.45) is 0.497. The minimum Gasteiger partial charge on any atom is -0.360 e. The molecule has 9 heavy (non-hydrogen) atoms. The SMILES string of the molecule is CN(CCC#N)C(=S)S. The summed E-state index contributed by atoms with van der Waals surface area (Å²) in [5.74, 6) is 0. The van der Waals surface area contributed by atoms with Crippen LogP contribution in [0, 0.1) is 11.3 Å². The zero-order chi connectivity index (χ0) is 7.28. The minimum atomic E-state index is 0.497. The number of nitrogens with zero attached hydrogens (tertiary/aromatic N) is 2. The zero-order valence-electron chi connectivity index (χ0n) is 5.16. The van der Waals surface area contributed by atoms with Gasteiger partial charge in [0.1, 0.15) is 4.32 Å². The summed E-state index contributed by atoms with van der Waals surface area (Å²) < 4.78 is 0.533. The van der Waals surface area contributed by atoms with Gasteiger partial charge in [-0.05, 0) is 0 Å². The number of nitriles is 1. The molecule has 0 bridgehead atoms. The molecular weight excluding hydrogens is 152 g/mol. The van der Waals surface area contributed by atoms with E-state index in [1.54, 1.807) is 4.90 Å². The average Bonchev–Trinajstić information content (AvgIpc) is 1.82. The maximum Gasteiger partial charge on any atom is 0.133 e. The van der Waals surface area contributed by atoms with E-state index in [4.69, 9.17) is 17.5 Å². The van der Waals surface area contributed by atoms with E-state index in [-0.39, 0.29) is 0 Å². The number of rotatable bonds is 2. The predicted molar refractivity (Wildman–Crippen MR) is 44.4 cm³/mol. The smallest absolute Gasteiger partial charge is 0.133 e. The van der Waals surface area contributed by atoms with E-state index in [0.717, 1.165) is 0 Å². The van der Waals surface area contributed by atoms with Crippen molar-refractivity contribution < 1.29 is 0 Å². The Bertz CT molecular complexity index is 138. The maximum atomic E-state index is 8.15. The molecule has 0 radical (unpaired) electrons. The van der Waals surface area contributed by atoms with Gasteiger partial charge in [0.15, 0.2) is 0 Å². The van der Waals surface area contributed by atoms with Gasteiger partial charge < -0.3 is 4.90 Å². The lowest BCUT2D eigenvalue weighted by Crippen LogP contribution is -2.21. The maximum absolute atomic E-state index is 8.15. The molecule has 4 heteroatoms. The lowest BCUT2D eigenvalue weighted by Gasteiger charge is -2.12. The van der Waals surface area contributed by atoms with Gasteiger partial charge >= 0.3 is 0 Å². The van der Waals surface area contributed by atoms with Crippen LogP contribution in [0.15, 0.2) is 0 Å². The Morgan fingerprint density at radius 2 is 2.44 bits per heavy atom. The van der Waals surface area contributed by atoms with E-state index in [2.05, 4.69) is 12.6 Å². The first kappa shape index (κ1) is 8.73. The third-order valence-electron chi connectivity index (χ3n) is 0.886. The molecule has 0 unspecified atom stereocenters. The summed E-state index contributed by atoms with van der Waals surface area (Å²) in [5, 5.41) is 8.15. The molecule has 0 aromatic rings. The summed E-state index contributed by atoms with van der Waals surface area (Å²) >= 11 is 8.63. The van der Waals surface area contributed by atoms with Crippen LogP contribution in [0.1, 0.15) is 6.42 Å². The van der Waals surface area contributed by atoms with Crippen LogP contribution in [0.4, 0.5) is 0 Å². The summed E-state index contributed by atoms with van der Waals surface area (Å²) in [6, 6.07) is 2.02. The van der Waals surface area contributed by atoms with Crippen LogP contribution in [0.5, 0.6) is 0 Å². The van der Waals surface area contributed by atoms with Gasteiger partial charge in [-0.2, -0.15) is 5.26 Å². The fourth-order valence-corrected chi connectivity index (χ4v) is 0.505. The van der Waals surface area contributed by atoms with Crippen molar-refractivity contribution in [2.75, 3.05) is 13.6 Å². The van der Waals surface area contributed by atoms with Crippen molar-refractivity contribution >= 4 is 29.2 Å². The van der Waals surface area contributed by atoms with Gasteiger partial charge in [-0.3, -0.25) is 0 Å². The molecule has 0 amide bonds. The van der Waals surface area contributed by atoms with Crippen molar-refractivity contribution in [3.8, 4) is 6.07 Å². The Hall–Kier alpha value is -0.270. The third-order valence-corrected chi connectivity index (χ3v) is 1.54.